The number of alkyl halides is 2. The summed E-state index contributed by atoms with van der Waals surface area (Å²) in [6, 6.07) is 2.84. The minimum atomic E-state index is -3.90. The van der Waals surface area contributed by atoms with Gasteiger partial charge in [-0.25, -0.2) is 9.18 Å². The van der Waals surface area contributed by atoms with Crippen molar-refractivity contribution in [2.45, 2.75) is 12.3 Å². The lowest BCUT2D eigenvalue weighted by Crippen LogP contribution is -2.30. The van der Waals surface area contributed by atoms with E-state index in [4.69, 9.17) is 16.7 Å². The topological polar surface area (TPSA) is 37.3 Å². The van der Waals surface area contributed by atoms with Gasteiger partial charge in [0.2, 0.25) is 0 Å². The van der Waals surface area contributed by atoms with Gasteiger partial charge in [-0.1, -0.05) is 17.7 Å². The quantitative estimate of drug-likeness (QED) is 0.879. The van der Waals surface area contributed by atoms with Crippen molar-refractivity contribution in [1.29, 1.82) is 0 Å². The van der Waals surface area contributed by atoms with E-state index in [1.807, 2.05) is 0 Å². The average molecular weight is 239 g/mol. The molecule has 0 saturated heterocycles. The van der Waals surface area contributed by atoms with Crippen LogP contribution in [0.2, 0.25) is 5.02 Å². The first-order chi connectivity index (χ1) is 6.83. The van der Waals surface area contributed by atoms with Gasteiger partial charge in [-0.15, -0.1) is 0 Å². The van der Waals surface area contributed by atoms with Crippen LogP contribution in [0.3, 0.4) is 0 Å². The molecular formula is C9H6ClF3O2. The third kappa shape index (κ3) is 2.86. The van der Waals surface area contributed by atoms with Crippen LogP contribution in [0.1, 0.15) is 5.56 Å². The van der Waals surface area contributed by atoms with Crippen molar-refractivity contribution in [3.05, 3.63) is 34.6 Å². The Hall–Kier alpha value is -1.23. The van der Waals surface area contributed by atoms with E-state index in [-0.39, 0.29) is 10.6 Å². The zero-order valence-corrected chi connectivity index (χ0v) is 8.06. The normalized spacial score (nSPS) is 11.5. The van der Waals surface area contributed by atoms with Crippen molar-refractivity contribution in [2.24, 2.45) is 0 Å². The first-order valence-corrected chi connectivity index (χ1v) is 4.26. The lowest BCUT2D eigenvalue weighted by atomic mass is 10.1. The van der Waals surface area contributed by atoms with Gasteiger partial charge in [-0.2, -0.15) is 8.78 Å². The highest BCUT2D eigenvalue weighted by molar-refractivity contribution is 6.31. The van der Waals surface area contributed by atoms with Crippen molar-refractivity contribution < 1.29 is 23.1 Å². The highest BCUT2D eigenvalue weighted by Crippen LogP contribution is 2.25. The number of aliphatic carboxylic acids is 1. The number of carboxylic acids is 1. The van der Waals surface area contributed by atoms with Gasteiger partial charge < -0.3 is 5.11 Å². The van der Waals surface area contributed by atoms with Crippen molar-refractivity contribution in [3.63, 3.8) is 0 Å². The molecule has 6 heteroatoms. The maximum absolute atomic E-state index is 12.8. The maximum Gasteiger partial charge on any atom is 0.374 e. The molecular weight excluding hydrogens is 233 g/mol. The Labute approximate surface area is 88.3 Å². The van der Waals surface area contributed by atoms with Gasteiger partial charge in [0.05, 0.1) is 0 Å². The fourth-order valence-corrected chi connectivity index (χ4v) is 1.21. The summed E-state index contributed by atoms with van der Waals surface area (Å²) in [7, 11) is 0. The lowest BCUT2D eigenvalue weighted by molar-refractivity contribution is -0.164. The minimum Gasteiger partial charge on any atom is -0.477 e. The van der Waals surface area contributed by atoms with Crippen LogP contribution in [0.15, 0.2) is 18.2 Å². The first-order valence-electron chi connectivity index (χ1n) is 3.88. The molecule has 0 spiro atoms. The SMILES string of the molecule is O=C(O)C(F)(F)Cc1ccc(F)cc1Cl. The minimum absolute atomic E-state index is 0.106. The first kappa shape index (κ1) is 11.8. The third-order valence-electron chi connectivity index (χ3n) is 1.74. The van der Waals surface area contributed by atoms with Crippen LogP contribution < -0.4 is 0 Å². The number of carboxylic acid groups (broad SMARTS) is 1. The third-order valence-corrected chi connectivity index (χ3v) is 2.09. The molecule has 0 saturated carbocycles. The fourth-order valence-electron chi connectivity index (χ4n) is 0.980. The highest BCUT2D eigenvalue weighted by atomic mass is 35.5. The summed E-state index contributed by atoms with van der Waals surface area (Å²) in [5.41, 5.74) is -0.106. The maximum atomic E-state index is 12.8. The molecule has 1 aromatic rings. The second-order valence-electron chi connectivity index (χ2n) is 2.92. The Morgan fingerprint density at radius 2 is 2.07 bits per heavy atom. The zero-order valence-electron chi connectivity index (χ0n) is 7.31. The van der Waals surface area contributed by atoms with Crippen LogP contribution in [0, 0.1) is 5.82 Å². The Balaban J connectivity index is 2.95. The van der Waals surface area contributed by atoms with Gasteiger partial charge in [0.15, 0.2) is 0 Å². The molecule has 2 nitrogen and oxygen atoms in total. The van der Waals surface area contributed by atoms with E-state index in [0.717, 1.165) is 18.2 Å². The van der Waals surface area contributed by atoms with E-state index in [1.54, 1.807) is 0 Å². The van der Waals surface area contributed by atoms with E-state index in [2.05, 4.69) is 0 Å². The Morgan fingerprint density at radius 1 is 1.47 bits per heavy atom. The van der Waals surface area contributed by atoms with Crippen molar-refractivity contribution in [1.82, 2.24) is 0 Å². The molecule has 0 aliphatic heterocycles. The number of rotatable bonds is 3. The summed E-state index contributed by atoms with van der Waals surface area (Å²) in [5.74, 6) is -6.80. The molecule has 0 aromatic heterocycles. The van der Waals surface area contributed by atoms with Gasteiger partial charge in [-0.3, -0.25) is 0 Å². The molecule has 0 radical (unpaired) electrons. The van der Waals surface area contributed by atoms with Crippen molar-refractivity contribution in [2.75, 3.05) is 0 Å². The molecule has 1 N–H and O–H groups in total. The molecule has 0 atom stereocenters. The van der Waals surface area contributed by atoms with Crippen LogP contribution in [0.5, 0.6) is 0 Å². The molecule has 82 valence electrons. The Bertz CT molecular complexity index is 393. The second kappa shape index (κ2) is 4.10. The Morgan fingerprint density at radius 3 is 2.53 bits per heavy atom. The summed E-state index contributed by atoms with van der Waals surface area (Å²) < 4.78 is 38.1. The van der Waals surface area contributed by atoms with E-state index in [1.165, 1.54) is 0 Å². The summed E-state index contributed by atoms with van der Waals surface area (Å²) in [6.07, 6.45) is -1.05. The summed E-state index contributed by atoms with van der Waals surface area (Å²) in [4.78, 5) is 10.1. The molecule has 1 aromatic carbocycles. The van der Waals surface area contributed by atoms with Crippen LogP contribution in [0.4, 0.5) is 13.2 Å². The van der Waals surface area contributed by atoms with Crippen LogP contribution >= 0.6 is 11.6 Å². The number of halogens is 4. The molecule has 0 heterocycles. The van der Waals surface area contributed by atoms with E-state index in [9.17, 15) is 18.0 Å². The van der Waals surface area contributed by atoms with Gasteiger partial charge in [0, 0.05) is 11.4 Å². The lowest BCUT2D eigenvalue weighted by Gasteiger charge is -2.11. The average Bonchev–Trinajstić information content (AvgIpc) is 2.09. The van der Waals surface area contributed by atoms with Gasteiger partial charge in [-0.05, 0) is 17.7 Å². The smallest absolute Gasteiger partial charge is 0.374 e. The standard InChI is InChI=1S/C9H6ClF3O2/c10-7-3-6(11)2-1-5(7)4-9(12,13)8(14)15/h1-3H,4H2,(H,14,15). The zero-order chi connectivity index (χ0) is 11.6. The number of benzene rings is 1. The van der Waals surface area contributed by atoms with Gasteiger partial charge in [0.1, 0.15) is 5.82 Å². The van der Waals surface area contributed by atoms with Crippen LogP contribution in [-0.2, 0) is 11.2 Å². The second-order valence-corrected chi connectivity index (χ2v) is 3.33. The number of hydrogen-bond acceptors (Lipinski definition) is 1. The van der Waals surface area contributed by atoms with Crippen molar-refractivity contribution in [3.8, 4) is 0 Å². The number of hydrogen-bond donors (Lipinski definition) is 1. The predicted molar refractivity (Wildman–Crippen MR) is 47.7 cm³/mol. The molecule has 0 unspecified atom stereocenters. The molecule has 0 bridgehead atoms. The van der Waals surface area contributed by atoms with E-state index < -0.39 is 24.1 Å². The molecule has 0 amide bonds. The highest BCUT2D eigenvalue weighted by Gasteiger charge is 2.39. The number of carbonyl (C=O) groups is 1. The molecule has 0 fully saturated rings. The molecule has 0 aliphatic rings. The molecule has 0 aliphatic carbocycles. The predicted octanol–water partition coefficient (Wildman–Crippen LogP) is 2.74. The van der Waals surface area contributed by atoms with Gasteiger partial charge in [0.25, 0.3) is 0 Å². The van der Waals surface area contributed by atoms with Gasteiger partial charge >= 0.3 is 11.9 Å². The summed E-state index contributed by atoms with van der Waals surface area (Å²) >= 11 is 5.47. The van der Waals surface area contributed by atoms with Crippen LogP contribution in [-0.4, -0.2) is 17.0 Å². The van der Waals surface area contributed by atoms with E-state index >= 15 is 0 Å². The fraction of sp³-hybridized carbons (Fsp3) is 0.222. The van der Waals surface area contributed by atoms with Crippen LogP contribution in [0.25, 0.3) is 0 Å². The van der Waals surface area contributed by atoms with E-state index in [0.29, 0.717) is 0 Å². The Kier molecular flexibility index (Phi) is 3.24. The molecule has 1 rings (SSSR count). The summed E-state index contributed by atoms with van der Waals surface area (Å²) in [6.45, 7) is 0. The summed E-state index contributed by atoms with van der Waals surface area (Å²) in [5, 5.41) is 7.97. The van der Waals surface area contributed by atoms with Crippen molar-refractivity contribution >= 4 is 17.6 Å². The largest absolute Gasteiger partial charge is 0.477 e. The monoisotopic (exact) mass is 238 g/mol. The molecule has 15 heavy (non-hydrogen) atoms.